The lowest BCUT2D eigenvalue weighted by Gasteiger charge is -2.34. The monoisotopic (exact) mass is 361 g/mol. The number of ether oxygens (including phenoxy) is 3. The smallest absolute Gasteiger partial charge is 0.324 e. The third kappa shape index (κ3) is 3.18. The molecular formula is C20H27NO5. The maximum Gasteiger partial charge on any atom is 0.324 e. The number of unbranched alkanes of at least 4 members (excludes halogenated alkanes) is 1. The summed E-state index contributed by atoms with van der Waals surface area (Å²) in [4.78, 5) is 27.5. The number of para-hydroxylation sites is 1. The SMILES string of the molecule is CCCCN1[C@H](C(=O)OCC)[C@@H](C(=O)OC)[C@H]2COc3ccccc3[C@H]21. The molecule has 2 aliphatic heterocycles. The molecule has 0 radical (unpaired) electrons. The number of rotatable bonds is 6. The van der Waals surface area contributed by atoms with Crippen molar-refractivity contribution < 1.29 is 23.8 Å². The molecule has 4 atom stereocenters. The third-order valence-corrected chi connectivity index (χ3v) is 5.36. The number of carbonyl (C=O) groups is 2. The van der Waals surface area contributed by atoms with Crippen molar-refractivity contribution in [3.8, 4) is 5.75 Å². The summed E-state index contributed by atoms with van der Waals surface area (Å²) in [5, 5.41) is 0. The van der Waals surface area contributed by atoms with Gasteiger partial charge >= 0.3 is 11.9 Å². The zero-order valence-corrected chi connectivity index (χ0v) is 15.6. The van der Waals surface area contributed by atoms with Crippen LogP contribution >= 0.6 is 0 Å². The van der Waals surface area contributed by atoms with Crippen LogP contribution in [0.2, 0.25) is 0 Å². The van der Waals surface area contributed by atoms with Crippen LogP contribution in [0.15, 0.2) is 24.3 Å². The summed E-state index contributed by atoms with van der Waals surface area (Å²) in [6, 6.07) is 7.17. The fourth-order valence-corrected chi connectivity index (χ4v) is 4.27. The molecule has 0 N–H and O–H groups in total. The first-order valence-electron chi connectivity index (χ1n) is 9.35. The maximum absolute atomic E-state index is 12.8. The fourth-order valence-electron chi connectivity index (χ4n) is 4.27. The summed E-state index contributed by atoms with van der Waals surface area (Å²) in [6.45, 7) is 5.29. The van der Waals surface area contributed by atoms with E-state index in [4.69, 9.17) is 14.2 Å². The van der Waals surface area contributed by atoms with E-state index in [1.54, 1.807) is 6.92 Å². The molecule has 0 spiro atoms. The Morgan fingerprint density at radius 1 is 1.23 bits per heavy atom. The number of fused-ring (bicyclic) bond motifs is 3. The molecule has 6 nitrogen and oxygen atoms in total. The average molecular weight is 361 g/mol. The van der Waals surface area contributed by atoms with E-state index in [9.17, 15) is 9.59 Å². The Labute approximate surface area is 154 Å². The number of benzene rings is 1. The van der Waals surface area contributed by atoms with Gasteiger partial charge in [0.15, 0.2) is 0 Å². The lowest BCUT2D eigenvalue weighted by Crippen LogP contribution is -2.44. The van der Waals surface area contributed by atoms with Crippen molar-refractivity contribution >= 4 is 11.9 Å². The van der Waals surface area contributed by atoms with Crippen molar-refractivity contribution in [3.63, 3.8) is 0 Å². The van der Waals surface area contributed by atoms with E-state index >= 15 is 0 Å². The van der Waals surface area contributed by atoms with Gasteiger partial charge in [-0.25, -0.2) is 0 Å². The topological polar surface area (TPSA) is 65.1 Å². The van der Waals surface area contributed by atoms with E-state index in [1.165, 1.54) is 7.11 Å². The number of esters is 2. The van der Waals surface area contributed by atoms with Crippen LogP contribution in [0, 0.1) is 11.8 Å². The minimum atomic E-state index is -0.640. The summed E-state index contributed by atoms with van der Waals surface area (Å²) in [6.07, 6.45) is 1.94. The van der Waals surface area contributed by atoms with Crippen molar-refractivity contribution in [2.45, 2.75) is 38.8 Å². The standard InChI is InChI=1S/C20H27NO5/c1-4-6-11-21-17-13-9-7-8-10-15(13)26-12-14(17)16(19(22)24-3)18(21)20(23)25-5-2/h7-10,14,16-18H,4-6,11-12H2,1-3H3/t14-,16+,17-,18+/m1/s1. The van der Waals surface area contributed by atoms with Gasteiger partial charge in [-0.2, -0.15) is 0 Å². The minimum Gasteiger partial charge on any atom is -0.493 e. The third-order valence-electron chi connectivity index (χ3n) is 5.36. The van der Waals surface area contributed by atoms with E-state index in [1.807, 2.05) is 24.3 Å². The highest BCUT2D eigenvalue weighted by atomic mass is 16.5. The second-order valence-electron chi connectivity index (χ2n) is 6.79. The molecule has 1 aromatic rings. The van der Waals surface area contributed by atoms with Crippen molar-refractivity contribution in [1.29, 1.82) is 0 Å². The second kappa shape index (κ2) is 8.08. The van der Waals surface area contributed by atoms with Crippen LogP contribution < -0.4 is 4.74 Å². The summed E-state index contributed by atoms with van der Waals surface area (Å²) in [5.41, 5.74) is 1.03. The predicted octanol–water partition coefficient (Wildman–Crippen LogP) is 2.57. The zero-order chi connectivity index (χ0) is 18.7. The Kier molecular flexibility index (Phi) is 5.81. The molecule has 3 rings (SSSR count). The number of hydrogen-bond donors (Lipinski definition) is 0. The van der Waals surface area contributed by atoms with Crippen molar-refractivity contribution in [1.82, 2.24) is 4.90 Å². The van der Waals surface area contributed by atoms with Gasteiger partial charge in [-0.05, 0) is 26.0 Å². The number of likely N-dealkylation sites (tertiary alicyclic amines) is 1. The fraction of sp³-hybridized carbons (Fsp3) is 0.600. The molecule has 0 unspecified atom stereocenters. The van der Waals surface area contributed by atoms with E-state index < -0.39 is 12.0 Å². The van der Waals surface area contributed by atoms with Crippen LogP contribution in [-0.4, -0.2) is 49.7 Å². The molecule has 0 saturated carbocycles. The second-order valence-corrected chi connectivity index (χ2v) is 6.79. The molecule has 0 aromatic heterocycles. The highest BCUT2D eigenvalue weighted by Crippen LogP contribution is 2.50. The Balaban J connectivity index is 2.06. The number of methoxy groups -OCH3 is 1. The molecule has 6 heteroatoms. The van der Waals surface area contributed by atoms with Gasteiger partial charge in [0.05, 0.1) is 26.2 Å². The van der Waals surface area contributed by atoms with Gasteiger partial charge in [-0.15, -0.1) is 0 Å². The van der Waals surface area contributed by atoms with Crippen molar-refractivity contribution in [2.24, 2.45) is 11.8 Å². The van der Waals surface area contributed by atoms with Crippen molar-refractivity contribution in [3.05, 3.63) is 29.8 Å². The van der Waals surface area contributed by atoms with Crippen LogP contribution in [0.1, 0.15) is 38.3 Å². The Hall–Kier alpha value is -2.08. The molecule has 0 aliphatic carbocycles. The van der Waals surface area contributed by atoms with Gasteiger partial charge in [0, 0.05) is 17.5 Å². The molecule has 1 aromatic carbocycles. The number of nitrogens with zero attached hydrogens (tertiary/aromatic N) is 1. The minimum absolute atomic E-state index is 0.0509. The van der Waals surface area contributed by atoms with Crippen LogP contribution in [-0.2, 0) is 19.1 Å². The van der Waals surface area contributed by atoms with Gasteiger partial charge in [0.2, 0.25) is 0 Å². The lowest BCUT2D eigenvalue weighted by atomic mass is 9.83. The van der Waals surface area contributed by atoms with Gasteiger partial charge in [-0.1, -0.05) is 31.5 Å². The average Bonchev–Trinajstić information content (AvgIpc) is 3.00. The van der Waals surface area contributed by atoms with Crippen LogP contribution in [0.5, 0.6) is 5.75 Å². The zero-order valence-electron chi connectivity index (χ0n) is 15.6. The number of hydrogen-bond acceptors (Lipinski definition) is 6. The quantitative estimate of drug-likeness (QED) is 0.726. The van der Waals surface area contributed by atoms with E-state index in [0.29, 0.717) is 6.61 Å². The van der Waals surface area contributed by atoms with Crippen molar-refractivity contribution in [2.75, 3.05) is 26.9 Å². The lowest BCUT2D eigenvalue weighted by molar-refractivity contribution is -0.158. The van der Waals surface area contributed by atoms with E-state index in [-0.39, 0.29) is 30.5 Å². The Morgan fingerprint density at radius 3 is 2.69 bits per heavy atom. The Morgan fingerprint density at radius 2 is 2.00 bits per heavy atom. The molecule has 0 amide bonds. The van der Waals surface area contributed by atoms with Gasteiger partial charge in [0.1, 0.15) is 11.8 Å². The maximum atomic E-state index is 12.8. The summed E-state index contributed by atoms with van der Waals surface area (Å²) in [7, 11) is 1.37. The highest BCUT2D eigenvalue weighted by molar-refractivity contribution is 5.86. The van der Waals surface area contributed by atoms with Gasteiger partial charge < -0.3 is 14.2 Å². The Bertz CT molecular complexity index is 661. The summed E-state index contributed by atoms with van der Waals surface area (Å²) >= 11 is 0. The first-order chi connectivity index (χ1) is 12.6. The molecule has 26 heavy (non-hydrogen) atoms. The summed E-state index contributed by atoms with van der Waals surface area (Å²) in [5.74, 6) is -0.632. The molecule has 2 heterocycles. The van der Waals surface area contributed by atoms with Crippen LogP contribution in [0.4, 0.5) is 0 Å². The summed E-state index contributed by atoms with van der Waals surface area (Å²) < 4.78 is 16.3. The largest absolute Gasteiger partial charge is 0.493 e. The molecule has 2 aliphatic rings. The van der Waals surface area contributed by atoms with Gasteiger partial charge in [-0.3, -0.25) is 14.5 Å². The number of carbonyl (C=O) groups excluding carboxylic acids is 2. The molecule has 0 bridgehead atoms. The molecular weight excluding hydrogens is 334 g/mol. The molecule has 1 saturated heterocycles. The van der Waals surface area contributed by atoms with Crippen LogP contribution in [0.25, 0.3) is 0 Å². The predicted molar refractivity (Wildman–Crippen MR) is 95.7 cm³/mol. The van der Waals surface area contributed by atoms with Crippen LogP contribution in [0.3, 0.4) is 0 Å². The first kappa shape index (κ1) is 18.7. The normalized spacial score (nSPS) is 27.2. The first-order valence-corrected chi connectivity index (χ1v) is 9.35. The van der Waals surface area contributed by atoms with Gasteiger partial charge in [0.25, 0.3) is 0 Å². The molecule has 1 fully saturated rings. The molecule has 142 valence electrons. The van der Waals surface area contributed by atoms with E-state index in [0.717, 1.165) is 30.7 Å². The highest BCUT2D eigenvalue weighted by Gasteiger charge is 2.58. The van der Waals surface area contributed by atoms with E-state index in [2.05, 4.69) is 11.8 Å².